The number of phenols is 1. The third-order valence-electron chi connectivity index (χ3n) is 7.28. The highest BCUT2D eigenvalue weighted by molar-refractivity contribution is 6.06. The van der Waals surface area contributed by atoms with Crippen LogP contribution < -0.4 is 10.1 Å². The number of fused-ring (bicyclic) bond motifs is 3. The Labute approximate surface area is 206 Å². The molecule has 188 valence electrons. The molecule has 1 fully saturated rings. The number of nitrogens with one attached hydrogen (secondary N) is 1. The number of phenolic OH excluding ortho intramolecular Hbond substituents is 1. The van der Waals surface area contributed by atoms with Crippen molar-refractivity contribution >= 4 is 17.6 Å². The van der Waals surface area contributed by atoms with E-state index in [9.17, 15) is 19.8 Å². The van der Waals surface area contributed by atoms with Gasteiger partial charge in [-0.1, -0.05) is 20.3 Å². The molecule has 2 aliphatic heterocycles. The van der Waals surface area contributed by atoms with Gasteiger partial charge in [0, 0.05) is 17.0 Å². The predicted molar refractivity (Wildman–Crippen MR) is 133 cm³/mol. The van der Waals surface area contributed by atoms with Crippen molar-refractivity contribution in [3.8, 4) is 11.5 Å². The third kappa shape index (κ3) is 5.30. The van der Waals surface area contributed by atoms with Gasteiger partial charge >= 0.3 is 5.97 Å². The Kier molecular flexibility index (Phi) is 7.08. The average Bonchev–Trinajstić information content (AvgIpc) is 2.79. The summed E-state index contributed by atoms with van der Waals surface area (Å²) in [6.07, 6.45) is 5.11. The Morgan fingerprint density at radius 1 is 1.14 bits per heavy atom. The minimum absolute atomic E-state index is 0.0267. The van der Waals surface area contributed by atoms with Crippen LogP contribution >= 0.6 is 0 Å². The molecule has 4 rings (SSSR count). The van der Waals surface area contributed by atoms with Crippen LogP contribution in [0.3, 0.4) is 0 Å². The highest BCUT2D eigenvalue weighted by Gasteiger charge is 2.49. The van der Waals surface area contributed by atoms with Crippen molar-refractivity contribution < 1.29 is 29.3 Å². The summed E-state index contributed by atoms with van der Waals surface area (Å²) in [4.78, 5) is 24.3. The predicted octanol–water partition coefficient (Wildman–Crippen LogP) is 6.18. The standard InChI is InChI=1S/C28H35NO6/c1-16(2)6-5-13-28(4)21-10-7-17(3)34-25(21)20-14-18(9-12-24(20)35-28)26(31)29-22-15-19(27(32)33)8-11-23(22)30/h8-9,11-12,14-17,21,25,30H,5-7,10,13H2,1-4H3,(H,29,31)(H,32,33)/t17-,21-,25+,28+/m1/s1. The largest absolute Gasteiger partial charge is 0.506 e. The number of aromatic hydroxyl groups is 1. The second kappa shape index (κ2) is 9.90. The van der Waals surface area contributed by atoms with E-state index >= 15 is 0 Å². The van der Waals surface area contributed by atoms with Crippen LogP contribution in [0.1, 0.15) is 92.2 Å². The number of amides is 1. The molecule has 2 aromatic rings. The molecule has 0 aromatic heterocycles. The van der Waals surface area contributed by atoms with E-state index in [0.717, 1.165) is 43.4 Å². The number of rotatable bonds is 7. The van der Waals surface area contributed by atoms with E-state index in [2.05, 4.69) is 33.0 Å². The number of carboxylic acid groups (broad SMARTS) is 1. The summed E-state index contributed by atoms with van der Waals surface area (Å²) in [5, 5.41) is 21.9. The molecule has 0 unspecified atom stereocenters. The zero-order chi connectivity index (χ0) is 25.3. The molecule has 0 aliphatic carbocycles. The molecule has 2 heterocycles. The second-order valence-corrected chi connectivity index (χ2v) is 10.5. The van der Waals surface area contributed by atoms with Crippen molar-refractivity contribution in [1.29, 1.82) is 0 Å². The molecule has 2 aliphatic rings. The van der Waals surface area contributed by atoms with Gasteiger partial charge in [-0.25, -0.2) is 4.79 Å². The van der Waals surface area contributed by atoms with E-state index in [1.54, 1.807) is 12.1 Å². The first-order valence-corrected chi connectivity index (χ1v) is 12.4. The summed E-state index contributed by atoms with van der Waals surface area (Å²) in [5.41, 5.74) is 0.929. The number of carbonyl (C=O) groups excluding carboxylic acids is 1. The molecule has 0 radical (unpaired) electrons. The third-order valence-corrected chi connectivity index (χ3v) is 7.28. The van der Waals surface area contributed by atoms with Gasteiger partial charge in [-0.2, -0.15) is 0 Å². The van der Waals surface area contributed by atoms with E-state index in [1.165, 1.54) is 18.2 Å². The fraction of sp³-hybridized carbons (Fsp3) is 0.500. The van der Waals surface area contributed by atoms with Crippen LogP contribution in [0.5, 0.6) is 11.5 Å². The fourth-order valence-electron chi connectivity index (χ4n) is 5.29. The highest BCUT2D eigenvalue weighted by Crippen LogP contribution is 2.52. The summed E-state index contributed by atoms with van der Waals surface area (Å²) in [7, 11) is 0. The maximum absolute atomic E-state index is 13.0. The lowest BCUT2D eigenvalue weighted by atomic mass is 9.72. The molecular formula is C28H35NO6. The first-order valence-electron chi connectivity index (χ1n) is 12.4. The number of hydrogen-bond donors (Lipinski definition) is 3. The Morgan fingerprint density at radius 3 is 2.60 bits per heavy atom. The Hall–Kier alpha value is -3.06. The van der Waals surface area contributed by atoms with Crippen LogP contribution in [-0.2, 0) is 4.74 Å². The minimum atomic E-state index is -1.14. The molecular weight excluding hydrogens is 446 g/mol. The van der Waals surface area contributed by atoms with Crippen LogP contribution in [0.25, 0.3) is 0 Å². The molecule has 7 nitrogen and oxygen atoms in total. The Balaban J connectivity index is 1.61. The van der Waals surface area contributed by atoms with Crippen LogP contribution in [0.2, 0.25) is 0 Å². The van der Waals surface area contributed by atoms with Crippen molar-refractivity contribution in [2.75, 3.05) is 5.32 Å². The first kappa shape index (κ1) is 25.0. The summed E-state index contributed by atoms with van der Waals surface area (Å²) >= 11 is 0. The van der Waals surface area contributed by atoms with E-state index in [1.807, 2.05) is 6.07 Å². The van der Waals surface area contributed by atoms with Gasteiger partial charge in [-0.15, -0.1) is 0 Å². The molecule has 0 bridgehead atoms. The lowest BCUT2D eigenvalue weighted by molar-refractivity contribution is -0.152. The van der Waals surface area contributed by atoms with Crippen LogP contribution in [0.4, 0.5) is 5.69 Å². The van der Waals surface area contributed by atoms with Gasteiger partial charge < -0.3 is 25.0 Å². The van der Waals surface area contributed by atoms with Gasteiger partial charge in [0.25, 0.3) is 5.91 Å². The minimum Gasteiger partial charge on any atom is -0.506 e. The lowest BCUT2D eigenvalue weighted by Gasteiger charge is -2.50. The maximum Gasteiger partial charge on any atom is 0.335 e. The van der Waals surface area contributed by atoms with Crippen molar-refractivity contribution in [2.24, 2.45) is 11.8 Å². The van der Waals surface area contributed by atoms with Gasteiger partial charge in [-0.3, -0.25) is 4.79 Å². The van der Waals surface area contributed by atoms with Crippen LogP contribution in [0, 0.1) is 11.8 Å². The topological polar surface area (TPSA) is 105 Å². The monoisotopic (exact) mass is 481 g/mol. The van der Waals surface area contributed by atoms with Crippen LogP contribution in [0.15, 0.2) is 36.4 Å². The van der Waals surface area contributed by atoms with Gasteiger partial charge in [0.1, 0.15) is 17.1 Å². The Morgan fingerprint density at radius 2 is 1.89 bits per heavy atom. The molecule has 0 saturated carbocycles. The van der Waals surface area contributed by atoms with Crippen molar-refractivity contribution in [3.05, 3.63) is 53.1 Å². The van der Waals surface area contributed by atoms with Crippen LogP contribution in [-0.4, -0.2) is 33.8 Å². The summed E-state index contributed by atoms with van der Waals surface area (Å²) in [6.45, 7) is 8.73. The van der Waals surface area contributed by atoms with E-state index in [0.29, 0.717) is 11.5 Å². The number of carboxylic acids is 1. The molecule has 2 aromatic carbocycles. The summed E-state index contributed by atoms with van der Waals surface area (Å²) < 4.78 is 13.0. The molecule has 3 N–H and O–H groups in total. The fourth-order valence-corrected chi connectivity index (χ4v) is 5.29. The maximum atomic E-state index is 13.0. The van der Waals surface area contributed by atoms with E-state index < -0.39 is 11.9 Å². The second-order valence-electron chi connectivity index (χ2n) is 10.5. The van der Waals surface area contributed by atoms with E-state index in [4.69, 9.17) is 9.47 Å². The smallest absolute Gasteiger partial charge is 0.335 e. The number of anilines is 1. The van der Waals surface area contributed by atoms with Crippen molar-refractivity contribution in [3.63, 3.8) is 0 Å². The highest BCUT2D eigenvalue weighted by atomic mass is 16.5. The number of carbonyl (C=O) groups is 2. The van der Waals surface area contributed by atoms with E-state index in [-0.39, 0.29) is 40.7 Å². The average molecular weight is 482 g/mol. The molecule has 4 atom stereocenters. The van der Waals surface area contributed by atoms with Gasteiger partial charge in [0.05, 0.1) is 23.5 Å². The number of hydrogen-bond acceptors (Lipinski definition) is 5. The first-order chi connectivity index (χ1) is 16.6. The zero-order valence-corrected chi connectivity index (χ0v) is 20.8. The molecule has 1 saturated heterocycles. The SMILES string of the molecule is CC(C)CCC[C@]1(C)Oc2ccc(C(=O)Nc3cc(C(=O)O)ccc3O)cc2[C@@H]2O[C@H](C)CC[C@H]21. The normalized spacial score (nSPS) is 25.3. The zero-order valence-electron chi connectivity index (χ0n) is 20.8. The molecule has 0 spiro atoms. The molecule has 7 heteroatoms. The lowest BCUT2D eigenvalue weighted by Crippen LogP contribution is -2.50. The summed E-state index contributed by atoms with van der Waals surface area (Å²) in [6, 6.07) is 9.07. The molecule has 35 heavy (non-hydrogen) atoms. The van der Waals surface area contributed by atoms with Gasteiger partial charge in [0.2, 0.25) is 0 Å². The quantitative estimate of drug-likeness (QED) is 0.408. The number of aromatic carboxylic acids is 1. The Bertz CT molecular complexity index is 1110. The van der Waals surface area contributed by atoms with Crippen molar-refractivity contribution in [2.45, 2.75) is 77.6 Å². The van der Waals surface area contributed by atoms with Gasteiger partial charge in [0.15, 0.2) is 0 Å². The number of benzene rings is 2. The van der Waals surface area contributed by atoms with Crippen molar-refractivity contribution in [1.82, 2.24) is 0 Å². The molecule has 1 amide bonds. The van der Waals surface area contributed by atoms with Gasteiger partial charge in [-0.05, 0) is 81.8 Å². The number of ether oxygens (including phenoxy) is 2. The summed E-state index contributed by atoms with van der Waals surface area (Å²) in [5.74, 6) is -0.225.